The van der Waals surface area contributed by atoms with Gasteiger partial charge in [-0.3, -0.25) is 19.4 Å². The molecule has 0 aliphatic heterocycles. The van der Waals surface area contributed by atoms with Gasteiger partial charge in [0.15, 0.2) is 5.96 Å². The van der Waals surface area contributed by atoms with Crippen molar-refractivity contribution in [2.24, 2.45) is 22.2 Å². The van der Waals surface area contributed by atoms with Crippen LogP contribution in [0.1, 0.15) is 31.0 Å². The predicted octanol–water partition coefficient (Wildman–Crippen LogP) is -1.87. The average Bonchev–Trinajstić information content (AvgIpc) is 3.38. The smallest absolute Gasteiger partial charge is 0.326 e. The molecule has 14 heteroatoms. The first kappa shape index (κ1) is 29.8. The maximum atomic E-state index is 13.2. The fourth-order valence-electron chi connectivity index (χ4n) is 3.50. The summed E-state index contributed by atoms with van der Waals surface area (Å²) < 4.78 is 0. The minimum atomic E-state index is -1.27. The van der Waals surface area contributed by atoms with Crippen molar-refractivity contribution in [1.29, 1.82) is 0 Å². The van der Waals surface area contributed by atoms with Gasteiger partial charge >= 0.3 is 5.97 Å². The Kier molecular flexibility index (Phi) is 11.7. The van der Waals surface area contributed by atoms with Gasteiger partial charge in [-0.1, -0.05) is 30.3 Å². The normalized spacial score (nSPS) is 13.8. The second-order valence-corrected chi connectivity index (χ2v) is 8.73. The molecule has 0 spiro atoms. The molecule has 206 valence electrons. The van der Waals surface area contributed by atoms with Gasteiger partial charge in [0, 0.05) is 31.3 Å². The summed E-state index contributed by atoms with van der Waals surface area (Å²) in [4.78, 5) is 61.1. The number of nitrogens with one attached hydrogen (secondary N) is 4. The number of carbonyl (C=O) groups is 4. The number of nitrogens with zero attached hydrogens (tertiary/aromatic N) is 2. The molecule has 0 bridgehead atoms. The molecule has 1 aromatic carbocycles. The Balaban J connectivity index is 2.21. The molecule has 4 atom stereocenters. The van der Waals surface area contributed by atoms with Crippen LogP contribution in [-0.4, -0.2) is 75.4 Å². The molecule has 0 aliphatic carbocycles. The molecule has 0 saturated heterocycles. The van der Waals surface area contributed by atoms with Gasteiger partial charge in [0.2, 0.25) is 17.7 Å². The summed E-state index contributed by atoms with van der Waals surface area (Å²) >= 11 is 0. The van der Waals surface area contributed by atoms with Gasteiger partial charge in [0.25, 0.3) is 0 Å². The summed E-state index contributed by atoms with van der Waals surface area (Å²) in [6.07, 6.45) is 3.42. The van der Waals surface area contributed by atoms with Gasteiger partial charge in [-0.15, -0.1) is 0 Å². The molecule has 4 unspecified atom stereocenters. The van der Waals surface area contributed by atoms with Gasteiger partial charge in [0.1, 0.15) is 18.1 Å². The van der Waals surface area contributed by atoms with Crippen molar-refractivity contribution in [3.05, 3.63) is 54.1 Å². The van der Waals surface area contributed by atoms with Gasteiger partial charge in [-0.25, -0.2) is 9.78 Å². The number of nitrogens with two attached hydrogens (primary N) is 3. The Morgan fingerprint density at radius 2 is 1.61 bits per heavy atom. The number of hydrogen-bond donors (Lipinski definition) is 8. The topological polar surface area (TPSA) is 244 Å². The zero-order chi connectivity index (χ0) is 28.1. The fraction of sp³-hybridized carbons (Fsp3) is 0.417. The zero-order valence-corrected chi connectivity index (χ0v) is 21.1. The molecular weight excluding hydrogens is 494 g/mol. The van der Waals surface area contributed by atoms with E-state index in [-0.39, 0.29) is 31.8 Å². The summed E-state index contributed by atoms with van der Waals surface area (Å²) in [6, 6.07) is 4.59. The fourth-order valence-corrected chi connectivity index (χ4v) is 3.50. The number of H-pyrrole nitrogens is 1. The van der Waals surface area contributed by atoms with E-state index in [0.717, 1.165) is 5.56 Å². The van der Waals surface area contributed by atoms with Crippen LogP contribution in [0.2, 0.25) is 0 Å². The van der Waals surface area contributed by atoms with E-state index < -0.39 is 47.9 Å². The predicted molar refractivity (Wildman–Crippen MR) is 139 cm³/mol. The summed E-state index contributed by atoms with van der Waals surface area (Å²) in [5, 5.41) is 17.4. The zero-order valence-electron chi connectivity index (χ0n) is 21.1. The minimum Gasteiger partial charge on any atom is -0.480 e. The van der Waals surface area contributed by atoms with Crippen LogP contribution in [0.4, 0.5) is 0 Å². The lowest BCUT2D eigenvalue weighted by molar-refractivity contribution is -0.142. The van der Waals surface area contributed by atoms with Gasteiger partial charge < -0.3 is 43.2 Å². The first-order chi connectivity index (χ1) is 18.1. The lowest BCUT2D eigenvalue weighted by atomic mass is 10.0. The van der Waals surface area contributed by atoms with Gasteiger partial charge in [-0.2, -0.15) is 0 Å². The Morgan fingerprint density at radius 1 is 0.974 bits per heavy atom. The molecule has 2 aromatic rings. The molecule has 2 rings (SSSR count). The highest BCUT2D eigenvalue weighted by Crippen LogP contribution is 2.07. The average molecular weight is 530 g/mol. The second-order valence-electron chi connectivity index (χ2n) is 8.73. The number of imidazole rings is 1. The SMILES string of the molecule is CC(N)C(=O)NC(CCCN=C(N)N)C(=O)NC(Cc1ccccc1)C(=O)NC(Cc1cnc[nH]1)C(=O)O. The van der Waals surface area contributed by atoms with Crippen LogP contribution in [-0.2, 0) is 32.0 Å². The Morgan fingerprint density at radius 3 is 2.18 bits per heavy atom. The molecule has 38 heavy (non-hydrogen) atoms. The number of aliphatic carboxylic acids is 1. The highest BCUT2D eigenvalue weighted by molar-refractivity contribution is 5.94. The number of guanidine groups is 1. The molecular formula is C24H35N9O5. The van der Waals surface area contributed by atoms with Crippen molar-refractivity contribution >= 4 is 29.7 Å². The van der Waals surface area contributed by atoms with Crippen LogP contribution in [0.3, 0.4) is 0 Å². The van der Waals surface area contributed by atoms with Crippen molar-refractivity contribution in [1.82, 2.24) is 25.9 Å². The standard InChI is InChI=1S/C24H35N9O5/c1-14(25)20(34)31-17(8-5-9-29-24(26)27)21(35)32-18(10-15-6-3-2-4-7-15)22(36)33-19(23(37)38)11-16-12-28-13-30-16/h2-4,6-7,12-14,17-19H,5,8-11,25H2,1H3,(H,28,30)(H,31,34)(H,32,35)(H,33,36)(H,37,38)(H4,26,27,29). The largest absolute Gasteiger partial charge is 0.480 e. The lowest BCUT2D eigenvalue weighted by Gasteiger charge is -2.25. The molecule has 1 aromatic heterocycles. The van der Waals surface area contributed by atoms with Crippen molar-refractivity contribution in [3.63, 3.8) is 0 Å². The van der Waals surface area contributed by atoms with Gasteiger partial charge in [0.05, 0.1) is 12.4 Å². The number of benzene rings is 1. The van der Waals surface area contributed by atoms with Crippen molar-refractivity contribution in [2.75, 3.05) is 6.54 Å². The second kappa shape index (κ2) is 14.9. The number of carbonyl (C=O) groups excluding carboxylic acids is 3. The summed E-state index contributed by atoms with van der Waals surface area (Å²) in [7, 11) is 0. The van der Waals surface area contributed by atoms with Crippen LogP contribution in [0.5, 0.6) is 0 Å². The molecule has 0 radical (unpaired) electrons. The Labute approximate surface area is 219 Å². The number of aromatic amines is 1. The van der Waals surface area contributed by atoms with Crippen LogP contribution in [0.15, 0.2) is 47.8 Å². The number of carboxylic acids is 1. The monoisotopic (exact) mass is 529 g/mol. The van der Waals surface area contributed by atoms with E-state index in [1.165, 1.54) is 19.4 Å². The van der Waals surface area contributed by atoms with Crippen molar-refractivity contribution in [2.45, 2.75) is 56.8 Å². The number of hydrogen-bond acceptors (Lipinski definition) is 7. The summed E-state index contributed by atoms with van der Waals surface area (Å²) in [5.74, 6) is -3.25. The minimum absolute atomic E-state index is 0.0368. The highest BCUT2D eigenvalue weighted by Gasteiger charge is 2.30. The van der Waals surface area contributed by atoms with E-state index in [4.69, 9.17) is 17.2 Å². The third-order valence-corrected chi connectivity index (χ3v) is 5.50. The van der Waals surface area contributed by atoms with Gasteiger partial charge in [-0.05, 0) is 25.3 Å². The van der Waals surface area contributed by atoms with E-state index in [1.54, 1.807) is 30.3 Å². The first-order valence-electron chi connectivity index (χ1n) is 12.0. The number of rotatable bonds is 15. The Bertz CT molecular complexity index is 1090. The maximum Gasteiger partial charge on any atom is 0.326 e. The summed E-state index contributed by atoms with van der Waals surface area (Å²) in [6.45, 7) is 1.70. The number of aliphatic imine (C=N–C) groups is 1. The molecule has 0 fully saturated rings. The van der Waals surface area contributed by atoms with Crippen LogP contribution in [0.25, 0.3) is 0 Å². The van der Waals surface area contributed by atoms with Crippen molar-refractivity contribution < 1.29 is 24.3 Å². The molecule has 1 heterocycles. The molecule has 0 saturated carbocycles. The van der Waals surface area contributed by atoms with E-state index in [9.17, 15) is 24.3 Å². The van der Waals surface area contributed by atoms with E-state index in [0.29, 0.717) is 12.1 Å². The first-order valence-corrected chi connectivity index (χ1v) is 12.0. The quantitative estimate of drug-likeness (QED) is 0.0731. The van der Waals surface area contributed by atoms with Crippen molar-refractivity contribution in [3.8, 4) is 0 Å². The van der Waals surface area contributed by atoms with Crippen LogP contribution < -0.4 is 33.2 Å². The van der Waals surface area contributed by atoms with E-state index in [1.807, 2.05) is 0 Å². The highest BCUT2D eigenvalue weighted by atomic mass is 16.4. The van der Waals surface area contributed by atoms with Crippen LogP contribution in [0, 0.1) is 0 Å². The number of amides is 3. The molecule has 14 nitrogen and oxygen atoms in total. The third kappa shape index (κ3) is 10.3. The third-order valence-electron chi connectivity index (χ3n) is 5.50. The van der Waals surface area contributed by atoms with Crippen LogP contribution >= 0.6 is 0 Å². The van der Waals surface area contributed by atoms with E-state index >= 15 is 0 Å². The number of aromatic nitrogens is 2. The lowest BCUT2D eigenvalue weighted by Crippen LogP contribution is -2.57. The molecule has 3 amide bonds. The Hall–Kier alpha value is -4.46. The molecule has 0 aliphatic rings. The summed E-state index contributed by atoms with van der Waals surface area (Å²) in [5.41, 5.74) is 17.6. The maximum absolute atomic E-state index is 13.2. The van der Waals surface area contributed by atoms with E-state index in [2.05, 4.69) is 30.9 Å². The number of carboxylic acid groups (broad SMARTS) is 1. The molecule has 11 N–H and O–H groups in total.